The van der Waals surface area contributed by atoms with E-state index in [2.05, 4.69) is 22.3 Å². The molecule has 1 aliphatic heterocycles. The van der Waals surface area contributed by atoms with Gasteiger partial charge in [0.05, 0.1) is 6.61 Å². The zero-order chi connectivity index (χ0) is 12.0. The quantitative estimate of drug-likeness (QED) is 0.354. The van der Waals surface area contributed by atoms with Crippen molar-refractivity contribution in [3.63, 3.8) is 0 Å². The minimum Gasteiger partial charge on any atom is -0.383 e. The van der Waals surface area contributed by atoms with Crippen LogP contribution in [-0.2, 0) is 9.53 Å². The summed E-state index contributed by atoms with van der Waals surface area (Å²) in [5.74, 6) is 5.01. The highest BCUT2D eigenvalue weighted by molar-refractivity contribution is 5.81. The van der Waals surface area contributed by atoms with Crippen molar-refractivity contribution in [2.45, 2.75) is 12.5 Å². The van der Waals surface area contributed by atoms with Gasteiger partial charge in [-0.15, -0.1) is 0 Å². The molecule has 6 heteroatoms. The van der Waals surface area contributed by atoms with Gasteiger partial charge in [-0.2, -0.15) is 0 Å². The Kier molecular flexibility index (Phi) is 5.68. The molecule has 1 saturated heterocycles. The monoisotopic (exact) mass is 230 g/mol. The van der Waals surface area contributed by atoms with Gasteiger partial charge in [0.2, 0.25) is 0 Å². The first-order chi connectivity index (χ1) is 7.69. The fourth-order valence-electron chi connectivity index (χ4n) is 1.98. The number of hydrazine groups is 1. The van der Waals surface area contributed by atoms with Gasteiger partial charge >= 0.3 is 0 Å². The number of carbonyl (C=O) groups is 1. The van der Waals surface area contributed by atoms with E-state index < -0.39 is 0 Å². The van der Waals surface area contributed by atoms with E-state index in [-0.39, 0.29) is 11.9 Å². The largest absolute Gasteiger partial charge is 0.383 e. The highest BCUT2D eigenvalue weighted by atomic mass is 16.5. The topological polar surface area (TPSA) is 70.8 Å². The lowest BCUT2D eigenvalue weighted by Crippen LogP contribution is -2.52. The van der Waals surface area contributed by atoms with E-state index in [0.717, 1.165) is 32.6 Å². The minimum atomic E-state index is -0.276. The molecule has 1 heterocycles. The fraction of sp³-hybridized carbons (Fsp3) is 0.900. The van der Waals surface area contributed by atoms with Crippen molar-refractivity contribution < 1.29 is 9.53 Å². The minimum absolute atomic E-state index is 0.175. The van der Waals surface area contributed by atoms with Crippen LogP contribution in [-0.4, -0.2) is 68.7 Å². The molecule has 0 spiro atoms. The molecule has 0 aromatic rings. The van der Waals surface area contributed by atoms with E-state index in [0.29, 0.717) is 6.61 Å². The zero-order valence-electron chi connectivity index (χ0n) is 10.1. The number of ether oxygens (including phenoxy) is 1. The summed E-state index contributed by atoms with van der Waals surface area (Å²) < 4.78 is 5.08. The first-order valence-corrected chi connectivity index (χ1v) is 5.61. The van der Waals surface area contributed by atoms with Crippen LogP contribution in [0.3, 0.4) is 0 Å². The number of amides is 1. The van der Waals surface area contributed by atoms with Crippen LogP contribution in [0.2, 0.25) is 0 Å². The number of nitrogens with one attached hydrogen (secondary N) is 1. The predicted octanol–water partition coefficient (Wildman–Crippen LogP) is -1.37. The maximum atomic E-state index is 11.6. The molecule has 0 aromatic heterocycles. The van der Waals surface area contributed by atoms with Gasteiger partial charge in [-0.25, -0.2) is 5.84 Å². The van der Waals surface area contributed by atoms with Crippen molar-refractivity contribution in [1.82, 2.24) is 15.2 Å². The van der Waals surface area contributed by atoms with Crippen LogP contribution in [0.25, 0.3) is 0 Å². The molecule has 1 rings (SSSR count). The number of methoxy groups -OCH3 is 1. The molecule has 16 heavy (non-hydrogen) atoms. The van der Waals surface area contributed by atoms with Crippen LogP contribution in [0.1, 0.15) is 6.42 Å². The van der Waals surface area contributed by atoms with E-state index in [1.165, 1.54) is 0 Å². The van der Waals surface area contributed by atoms with Crippen LogP contribution in [0.4, 0.5) is 0 Å². The van der Waals surface area contributed by atoms with Crippen LogP contribution >= 0.6 is 0 Å². The van der Waals surface area contributed by atoms with E-state index in [1.807, 2.05) is 0 Å². The van der Waals surface area contributed by atoms with Crippen LogP contribution in [0.5, 0.6) is 0 Å². The Bertz CT molecular complexity index is 225. The van der Waals surface area contributed by atoms with Gasteiger partial charge in [0.15, 0.2) is 0 Å². The summed E-state index contributed by atoms with van der Waals surface area (Å²) in [5, 5.41) is 0. The van der Waals surface area contributed by atoms with Gasteiger partial charge < -0.3 is 9.64 Å². The van der Waals surface area contributed by atoms with Crippen molar-refractivity contribution in [3.8, 4) is 0 Å². The highest BCUT2D eigenvalue weighted by Crippen LogP contribution is 2.06. The van der Waals surface area contributed by atoms with E-state index in [9.17, 15) is 4.79 Å². The smallest absolute Gasteiger partial charge is 0.253 e. The van der Waals surface area contributed by atoms with Gasteiger partial charge in [-0.3, -0.25) is 15.1 Å². The molecule has 0 aliphatic carbocycles. The number of nitrogens with zero attached hydrogens (tertiary/aromatic N) is 2. The summed E-state index contributed by atoms with van der Waals surface area (Å²) in [5.41, 5.74) is 2.20. The summed E-state index contributed by atoms with van der Waals surface area (Å²) >= 11 is 0. The fourth-order valence-corrected chi connectivity index (χ4v) is 1.98. The van der Waals surface area contributed by atoms with Crippen molar-refractivity contribution in [2.75, 3.05) is 46.9 Å². The molecule has 0 saturated carbocycles. The Hall–Kier alpha value is -0.690. The zero-order valence-corrected chi connectivity index (χ0v) is 10.1. The second kappa shape index (κ2) is 6.80. The van der Waals surface area contributed by atoms with Crippen LogP contribution in [0.15, 0.2) is 0 Å². The molecule has 94 valence electrons. The van der Waals surface area contributed by atoms with Crippen LogP contribution in [0, 0.1) is 0 Å². The Morgan fingerprint density at radius 1 is 1.44 bits per heavy atom. The average Bonchev–Trinajstić information content (AvgIpc) is 2.50. The third kappa shape index (κ3) is 3.71. The lowest BCUT2D eigenvalue weighted by Gasteiger charge is -2.28. The third-order valence-corrected chi connectivity index (χ3v) is 2.96. The lowest BCUT2D eigenvalue weighted by molar-refractivity contribution is -0.128. The summed E-state index contributed by atoms with van der Waals surface area (Å²) in [7, 11) is 3.69. The molecule has 0 aromatic carbocycles. The van der Waals surface area contributed by atoms with Gasteiger partial charge in [0, 0.05) is 26.7 Å². The van der Waals surface area contributed by atoms with Crippen molar-refractivity contribution >= 4 is 5.91 Å². The Labute approximate surface area is 96.7 Å². The number of carbonyl (C=O) groups excluding carboxylic acids is 1. The number of nitrogens with two attached hydrogens (primary N) is 1. The first kappa shape index (κ1) is 13.4. The van der Waals surface area contributed by atoms with E-state index in [1.54, 1.807) is 7.11 Å². The second-order valence-corrected chi connectivity index (χ2v) is 4.17. The molecule has 0 radical (unpaired) electrons. The summed E-state index contributed by atoms with van der Waals surface area (Å²) in [4.78, 5) is 16.0. The van der Waals surface area contributed by atoms with E-state index in [4.69, 9.17) is 10.6 Å². The molecule has 1 amide bonds. The maximum absolute atomic E-state index is 11.6. The summed E-state index contributed by atoms with van der Waals surface area (Å²) in [6, 6.07) is -0.276. The summed E-state index contributed by atoms with van der Waals surface area (Å²) in [6.07, 6.45) is 1.06. The Balaban J connectivity index is 2.58. The normalized spacial score (nSPS) is 21.4. The van der Waals surface area contributed by atoms with Gasteiger partial charge in [-0.1, -0.05) is 0 Å². The number of hydrogen-bond donors (Lipinski definition) is 2. The number of rotatable bonds is 4. The molecular weight excluding hydrogens is 208 g/mol. The molecule has 1 unspecified atom stereocenters. The van der Waals surface area contributed by atoms with Gasteiger partial charge in [-0.05, 0) is 20.0 Å². The molecule has 6 nitrogen and oxygen atoms in total. The molecular formula is C10H22N4O2. The number of hydrogen-bond acceptors (Lipinski definition) is 5. The molecule has 0 bridgehead atoms. The molecule has 3 N–H and O–H groups in total. The highest BCUT2D eigenvalue weighted by Gasteiger charge is 2.26. The third-order valence-electron chi connectivity index (χ3n) is 2.96. The summed E-state index contributed by atoms with van der Waals surface area (Å²) in [6.45, 7) is 4.20. The van der Waals surface area contributed by atoms with Gasteiger partial charge in [0.25, 0.3) is 5.91 Å². The Morgan fingerprint density at radius 3 is 2.81 bits per heavy atom. The molecule has 1 atom stereocenters. The van der Waals surface area contributed by atoms with Crippen LogP contribution < -0.4 is 11.3 Å². The SMILES string of the molecule is COCC(C(=O)NN)N1CCCN(C)CC1. The van der Waals surface area contributed by atoms with Crippen molar-refractivity contribution in [2.24, 2.45) is 5.84 Å². The maximum Gasteiger partial charge on any atom is 0.253 e. The first-order valence-electron chi connectivity index (χ1n) is 5.61. The average molecular weight is 230 g/mol. The van der Waals surface area contributed by atoms with Crippen molar-refractivity contribution in [1.29, 1.82) is 0 Å². The lowest BCUT2D eigenvalue weighted by atomic mass is 10.2. The second-order valence-electron chi connectivity index (χ2n) is 4.17. The van der Waals surface area contributed by atoms with E-state index >= 15 is 0 Å². The molecule has 1 fully saturated rings. The molecule has 1 aliphatic rings. The standard InChI is InChI=1S/C10H22N4O2/c1-13-4-3-5-14(7-6-13)9(8-16-2)10(15)12-11/h9H,3-8,11H2,1-2H3,(H,12,15). The predicted molar refractivity (Wildman–Crippen MR) is 61.7 cm³/mol. The van der Waals surface area contributed by atoms with Crippen molar-refractivity contribution in [3.05, 3.63) is 0 Å². The Morgan fingerprint density at radius 2 is 2.19 bits per heavy atom. The van der Waals surface area contributed by atoms with Gasteiger partial charge in [0.1, 0.15) is 6.04 Å². The number of likely N-dealkylation sites (N-methyl/N-ethyl adjacent to an activating group) is 1.